The number of nitrogens with one attached hydrogen (secondary N) is 2. The molecule has 16 nitrogen and oxygen atoms in total. The molecule has 0 spiro atoms. The molecule has 20 heteroatoms. The van der Waals surface area contributed by atoms with E-state index in [1.54, 1.807) is 73.7 Å². The molecule has 2 aromatic heterocycles. The fraction of sp³-hybridized carbons (Fsp3) is 0.256. The first-order valence-electron chi connectivity index (χ1n) is 19.4. The zero-order valence-electron chi connectivity index (χ0n) is 34.2. The summed E-state index contributed by atoms with van der Waals surface area (Å²) in [6.45, 7) is 3.49. The summed E-state index contributed by atoms with van der Waals surface area (Å²) in [4.78, 5) is 71.1. The van der Waals surface area contributed by atoms with Gasteiger partial charge in [0.1, 0.15) is 24.7 Å². The molecule has 4 aromatic carbocycles. The number of para-hydroxylation sites is 2. The fourth-order valence-electron chi connectivity index (χ4n) is 6.01. The van der Waals surface area contributed by atoms with Crippen molar-refractivity contribution >= 4 is 80.5 Å². The molecular formula is C43H45Cl2F2N9O7. The van der Waals surface area contributed by atoms with Gasteiger partial charge in [0.15, 0.2) is 11.4 Å². The molecule has 5 amide bonds. The Bertz CT molecular complexity index is 2620. The van der Waals surface area contributed by atoms with E-state index in [1.165, 1.54) is 32.5 Å². The van der Waals surface area contributed by atoms with E-state index in [2.05, 4.69) is 20.8 Å². The van der Waals surface area contributed by atoms with Gasteiger partial charge in [0.25, 0.3) is 11.8 Å². The van der Waals surface area contributed by atoms with Crippen molar-refractivity contribution in [3.8, 4) is 0 Å². The Hall–Kier alpha value is -6.92. The van der Waals surface area contributed by atoms with Gasteiger partial charge in [0, 0.05) is 48.0 Å². The summed E-state index contributed by atoms with van der Waals surface area (Å²) in [5, 5.41) is 23.2. The predicted molar refractivity (Wildman–Crippen MR) is 232 cm³/mol. The third kappa shape index (κ3) is 13.5. The smallest absolute Gasteiger partial charge is 0.325 e. The van der Waals surface area contributed by atoms with Gasteiger partial charge in [0.05, 0.1) is 27.6 Å². The largest absolute Gasteiger partial charge is 0.480 e. The maximum Gasteiger partial charge on any atom is 0.325 e. The molecule has 7 N–H and O–H groups in total. The van der Waals surface area contributed by atoms with Crippen LogP contribution in [0.4, 0.5) is 8.78 Å². The first-order valence-corrected chi connectivity index (χ1v) is 20.2. The van der Waals surface area contributed by atoms with Crippen LogP contribution in [-0.2, 0) is 45.4 Å². The number of primary amides is 2. The van der Waals surface area contributed by atoms with Crippen molar-refractivity contribution in [3.63, 3.8) is 0 Å². The third-order valence-corrected chi connectivity index (χ3v) is 9.78. The van der Waals surface area contributed by atoms with Gasteiger partial charge in [-0.3, -0.25) is 38.1 Å². The van der Waals surface area contributed by atoms with Gasteiger partial charge in [-0.05, 0) is 37.6 Å². The van der Waals surface area contributed by atoms with E-state index < -0.39 is 35.3 Å². The number of carboxylic acid groups (broad SMARTS) is 1. The van der Waals surface area contributed by atoms with E-state index in [0.29, 0.717) is 33.8 Å². The first kappa shape index (κ1) is 48.7. The minimum Gasteiger partial charge on any atom is -0.480 e. The molecule has 0 aliphatic heterocycles. The number of hydrogen-bond donors (Lipinski definition) is 5. The number of hydrogen-bond acceptors (Lipinski definition) is 8. The number of amides is 5. The molecule has 0 saturated carbocycles. The average molecular weight is 909 g/mol. The molecule has 2 heterocycles. The van der Waals surface area contributed by atoms with Gasteiger partial charge >= 0.3 is 5.97 Å². The first-order chi connectivity index (χ1) is 30.1. The van der Waals surface area contributed by atoms with Gasteiger partial charge in [-0.2, -0.15) is 10.2 Å². The number of nitrogens with zero attached hydrogens (tertiary/aromatic N) is 5. The second-order valence-corrected chi connectivity index (χ2v) is 14.5. The SMILES string of the molecule is CCCCC(=O)NCc1cccc(Cl)c1F.CCN(CC(=O)NCc1cccc(Cl)c1F)C(=O)Cn1nc(C(N)=O)c2ccccc21.NC(=O)c1nn(CC(=O)O)c2ccccc12. The quantitative estimate of drug-likeness (QED) is 0.0812. The van der Waals surface area contributed by atoms with Crippen LogP contribution >= 0.6 is 23.2 Å². The highest BCUT2D eigenvalue weighted by molar-refractivity contribution is 6.31. The van der Waals surface area contributed by atoms with Crippen molar-refractivity contribution in [1.82, 2.24) is 35.1 Å². The standard InChI is InChI=1S/C21H21ClFN5O3.C12H15ClFNO.C10H9N3O3/c1-2-27(11-17(29)25-10-13-6-5-8-15(22)19(13)23)18(30)12-28-16-9-4-3-7-14(16)20(26-28)21(24)31;1-2-3-7-11(16)15-8-9-5-4-6-10(13)12(9)14;11-10(16)9-6-3-1-2-4-7(6)13(12-9)5-8(14)15/h3-9H,2,10-12H2,1H3,(H2,24,31)(H,25,29);4-6H,2-3,7-8H2,1H3,(H,15,16);1-4H,5H2,(H2,11,16)(H,14,15). The summed E-state index contributed by atoms with van der Waals surface area (Å²) < 4.78 is 30.0. The highest BCUT2D eigenvalue weighted by Crippen LogP contribution is 2.21. The van der Waals surface area contributed by atoms with Gasteiger partial charge in [-0.1, -0.05) is 97.2 Å². The second-order valence-electron chi connectivity index (χ2n) is 13.7. The van der Waals surface area contributed by atoms with Crippen LogP contribution in [0.15, 0.2) is 84.9 Å². The molecule has 332 valence electrons. The fourth-order valence-corrected chi connectivity index (χ4v) is 6.39. The maximum absolute atomic E-state index is 13.9. The molecule has 6 rings (SSSR count). The van der Waals surface area contributed by atoms with Crippen molar-refractivity contribution in [3.05, 3.63) is 129 Å². The lowest BCUT2D eigenvalue weighted by atomic mass is 10.2. The van der Waals surface area contributed by atoms with Crippen molar-refractivity contribution in [2.24, 2.45) is 11.5 Å². The monoisotopic (exact) mass is 907 g/mol. The molecule has 0 unspecified atom stereocenters. The third-order valence-electron chi connectivity index (χ3n) is 9.19. The molecule has 0 radical (unpaired) electrons. The summed E-state index contributed by atoms with van der Waals surface area (Å²) in [6, 6.07) is 23.1. The lowest BCUT2D eigenvalue weighted by Crippen LogP contribution is -2.42. The molecule has 0 aliphatic carbocycles. The average Bonchev–Trinajstić information content (AvgIpc) is 3.82. The van der Waals surface area contributed by atoms with Crippen LogP contribution in [0.3, 0.4) is 0 Å². The number of nitrogens with two attached hydrogens (primary N) is 2. The van der Waals surface area contributed by atoms with Crippen molar-refractivity contribution in [2.75, 3.05) is 13.1 Å². The van der Waals surface area contributed by atoms with Crippen molar-refractivity contribution < 1.29 is 42.7 Å². The number of benzene rings is 4. The number of unbranched alkanes of at least 4 members (excludes halogenated alkanes) is 1. The lowest BCUT2D eigenvalue weighted by molar-refractivity contribution is -0.138. The van der Waals surface area contributed by atoms with E-state index >= 15 is 0 Å². The van der Waals surface area contributed by atoms with E-state index in [1.807, 2.05) is 6.92 Å². The predicted octanol–water partition coefficient (Wildman–Crippen LogP) is 5.60. The maximum atomic E-state index is 13.9. The van der Waals surface area contributed by atoms with Crippen LogP contribution in [0.1, 0.15) is 65.2 Å². The number of halogens is 4. The molecule has 63 heavy (non-hydrogen) atoms. The number of carbonyl (C=O) groups excluding carboxylic acids is 5. The van der Waals surface area contributed by atoms with Crippen LogP contribution in [0.25, 0.3) is 21.8 Å². The van der Waals surface area contributed by atoms with Crippen LogP contribution < -0.4 is 22.1 Å². The number of carboxylic acids is 1. The van der Waals surface area contributed by atoms with Crippen molar-refractivity contribution in [2.45, 2.75) is 59.3 Å². The Balaban J connectivity index is 0.000000229. The Morgan fingerprint density at radius 2 is 1.14 bits per heavy atom. The van der Waals surface area contributed by atoms with Crippen LogP contribution in [0.5, 0.6) is 0 Å². The van der Waals surface area contributed by atoms with E-state index in [4.69, 9.17) is 39.8 Å². The topological polar surface area (TPSA) is 238 Å². The van der Waals surface area contributed by atoms with Gasteiger partial charge < -0.3 is 32.1 Å². The normalized spacial score (nSPS) is 10.6. The molecule has 0 aliphatic rings. The zero-order valence-corrected chi connectivity index (χ0v) is 35.8. The van der Waals surface area contributed by atoms with Gasteiger partial charge in [-0.15, -0.1) is 0 Å². The zero-order chi connectivity index (χ0) is 46.2. The second kappa shape index (κ2) is 23.3. The van der Waals surface area contributed by atoms with Crippen LogP contribution in [-0.4, -0.2) is 78.2 Å². The van der Waals surface area contributed by atoms with Gasteiger partial charge in [0.2, 0.25) is 17.7 Å². The summed E-state index contributed by atoms with van der Waals surface area (Å²) in [6.07, 6.45) is 2.31. The number of likely N-dealkylation sites (N-methyl/N-ethyl adjacent to an activating group) is 1. The Morgan fingerprint density at radius 1 is 0.683 bits per heavy atom. The van der Waals surface area contributed by atoms with Crippen LogP contribution in [0.2, 0.25) is 10.0 Å². The molecular weight excluding hydrogens is 863 g/mol. The summed E-state index contributed by atoms with van der Waals surface area (Å²) in [5.74, 6) is -4.30. The Kier molecular flexibility index (Phi) is 18.1. The molecule has 0 bridgehead atoms. The highest BCUT2D eigenvalue weighted by atomic mass is 35.5. The number of aliphatic carboxylic acids is 1. The Labute approximate surface area is 370 Å². The lowest BCUT2D eigenvalue weighted by Gasteiger charge is -2.20. The molecule has 0 saturated heterocycles. The number of carbonyl (C=O) groups is 6. The highest BCUT2D eigenvalue weighted by Gasteiger charge is 2.21. The van der Waals surface area contributed by atoms with E-state index in [0.717, 1.165) is 12.8 Å². The minimum absolute atomic E-state index is 0.0288. The Morgan fingerprint density at radius 3 is 1.59 bits per heavy atom. The van der Waals surface area contributed by atoms with E-state index in [-0.39, 0.29) is 78.1 Å². The number of rotatable bonds is 16. The molecule has 6 aromatic rings. The number of aromatic nitrogens is 4. The van der Waals surface area contributed by atoms with Crippen LogP contribution in [0, 0.1) is 11.6 Å². The van der Waals surface area contributed by atoms with Gasteiger partial charge in [-0.25, -0.2) is 8.78 Å². The summed E-state index contributed by atoms with van der Waals surface area (Å²) >= 11 is 11.4. The van der Waals surface area contributed by atoms with Crippen molar-refractivity contribution in [1.29, 1.82) is 0 Å². The minimum atomic E-state index is -1.02. The molecule has 0 atom stereocenters. The summed E-state index contributed by atoms with van der Waals surface area (Å²) in [5.41, 5.74) is 12.5. The summed E-state index contributed by atoms with van der Waals surface area (Å²) in [7, 11) is 0. The van der Waals surface area contributed by atoms with E-state index in [9.17, 15) is 37.5 Å². The molecule has 0 fully saturated rings. The number of fused-ring (bicyclic) bond motifs is 2.